The number of hydrogen-bond acceptors (Lipinski definition) is 3. The van der Waals surface area contributed by atoms with Crippen LogP contribution in [0.1, 0.15) is 52.1 Å². The number of hydrogen-bond donors (Lipinski definition) is 0. The first-order valence-corrected chi connectivity index (χ1v) is 6.96. The van der Waals surface area contributed by atoms with Crippen LogP contribution in [-0.4, -0.2) is 28.6 Å². The zero-order chi connectivity index (χ0) is 13.1. The van der Waals surface area contributed by atoms with Crippen LogP contribution in [0.15, 0.2) is 18.3 Å². The van der Waals surface area contributed by atoms with E-state index < -0.39 is 0 Å². The van der Waals surface area contributed by atoms with Crippen LogP contribution < -0.4 is 4.74 Å². The molecule has 2 heterocycles. The molecule has 0 amide bonds. The fourth-order valence-corrected chi connectivity index (χ4v) is 2.67. The molecule has 0 unspecified atom stereocenters. The predicted molar refractivity (Wildman–Crippen MR) is 73.8 cm³/mol. The Labute approximate surface area is 110 Å². The number of rotatable bonds is 4. The standard InChI is InChI=1S/C15H24N2O/c1-11(2)17-9-5-6-14(17)13-7-8-15(16-10-13)18-12(3)4/h7-8,10-12,14H,5-6,9H2,1-4H3/t14-/m1/s1. The molecule has 0 bridgehead atoms. The third-order valence-corrected chi connectivity index (χ3v) is 3.46. The number of pyridine rings is 1. The summed E-state index contributed by atoms with van der Waals surface area (Å²) in [5, 5.41) is 0. The van der Waals surface area contributed by atoms with Crippen molar-refractivity contribution in [1.82, 2.24) is 9.88 Å². The lowest BCUT2D eigenvalue weighted by Crippen LogP contribution is -2.30. The number of ether oxygens (including phenoxy) is 1. The van der Waals surface area contributed by atoms with Crippen LogP contribution in [0.25, 0.3) is 0 Å². The quantitative estimate of drug-likeness (QED) is 0.816. The summed E-state index contributed by atoms with van der Waals surface area (Å²) in [5.74, 6) is 0.725. The maximum absolute atomic E-state index is 5.58. The zero-order valence-corrected chi connectivity index (χ0v) is 11.9. The van der Waals surface area contributed by atoms with Crippen LogP contribution in [0.4, 0.5) is 0 Å². The molecule has 3 nitrogen and oxygen atoms in total. The fraction of sp³-hybridized carbons (Fsp3) is 0.667. The van der Waals surface area contributed by atoms with Crippen molar-refractivity contribution in [2.24, 2.45) is 0 Å². The summed E-state index contributed by atoms with van der Waals surface area (Å²) < 4.78 is 5.58. The van der Waals surface area contributed by atoms with Gasteiger partial charge in [-0.1, -0.05) is 6.07 Å². The van der Waals surface area contributed by atoms with E-state index in [-0.39, 0.29) is 6.10 Å². The third-order valence-electron chi connectivity index (χ3n) is 3.46. The lowest BCUT2D eigenvalue weighted by molar-refractivity contribution is 0.204. The maximum atomic E-state index is 5.58. The highest BCUT2D eigenvalue weighted by atomic mass is 16.5. The summed E-state index contributed by atoms with van der Waals surface area (Å²) in [4.78, 5) is 6.96. The van der Waals surface area contributed by atoms with Crippen LogP contribution in [0.5, 0.6) is 5.88 Å². The van der Waals surface area contributed by atoms with E-state index >= 15 is 0 Å². The van der Waals surface area contributed by atoms with Gasteiger partial charge in [0.15, 0.2) is 0 Å². The second kappa shape index (κ2) is 5.70. The van der Waals surface area contributed by atoms with E-state index in [0.717, 1.165) is 5.88 Å². The van der Waals surface area contributed by atoms with E-state index in [1.807, 2.05) is 26.1 Å². The molecular weight excluding hydrogens is 224 g/mol. The van der Waals surface area contributed by atoms with Crippen LogP contribution in [0.3, 0.4) is 0 Å². The molecule has 1 fully saturated rings. The lowest BCUT2D eigenvalue weighted by Gasteiger charge is -2.28. The second-order valence-corrected chi connectivity index (χ2v) is 5.59. The fourth-order valence-electron chi connectivity index (χ4n) is 2.67. The Kier molecular flexibility index (Phi) is 4.23. The van der Waals surface area contributed by atoms with Crippen molar-refractivity contribution in [3.63, 3.8) is 0 Å². The zero-order valence-electron chi connectivity index (χ0n) is 11.9. The van der Waals surface area contributed by atoms with Gasteiger partial charge in [-0.3, -0.25) is 4.90 Å². The number of aromatic nitrogens is 1. The molecule has 18 heavy (non-hydrogen) atoms. The highest BCUT2D eigenvalue weighted by molar-refractivity contribution is 5.22. The summed E-state index contributed by atoms with van der Waals surface area (Å²) in [5.41, 5.74) is 1.32. The van der Waals surface area contributed by atoms with Gasteiger partial charge in [-0.25, -0.2) is 4.98 Å². The van der Waals surface area contributed by atoms with Gasteiger partial charge in [0.1, 0.15) is 0 Å². The van der Waals surface area contributed by atoms with E-state index in [1.54, 1.807) is 0 Å². The van der Waals surface area contributed by atoms with Gasteiger partial charge in [0.05, 0.1) is 6.10 Å². The smallest absolute Gasteiger partial charge is 0.213 e. The van der Waals surface area contributed by atoms with E-state index in [2.05, 4.69) is 29.8 Å². The topological polar surface area (TPSA) is 25.4 Å². The molecule has 100 valence electrons. The minimum absolute atomic E-state index is 0.182. The van der Waals surface area contributed by atoms with Crippen molar-refractivity contribution in [1.29, 1.82) is 0 Å². The Morgan fingerprint density at radius 1 is 1.28 bits per heavy atom. The Morgan fingerprint density at radius 3 is 2.61 bits per heavy atom. The van der Waals surface area contributed by atoms with E-state index in [0.29, 0.717) is 12.1 Å². The highest BCUT2D eigenvalue weighted by Crippen LogP contribution is 2.33. The van der Waals surface area contributed by atoms with Crippen molar-refractivity contribution in [3.8, 4) is 5.88 Å². The largest absolute Gasteiger partial charge is 0.475 e. The van der Waals surface area contributed by atoms with Gasteiger partial charge >= 0.3 is 0 Å². The van der Waals surface area contributed by atoms with Gasteiger partial charge in [-0.15, -0.1) is 0 Å². The van der Waals surface area contributed by atoms with Gasteiger partial charge in [0.2, 0.25) is 5.88 Å². The Bertz CT molecular complexity index is 373. The van der Waals surface area contributed by atoms with Gasteiger partial charge in [0.25, 0.3) is 0 Å². The SMILES string of the molecule is CC(C)Oc1ccc([C@H]2CCCN2C(C)C)cn1. The molecule has 1 saturated heterocycles. The van der Waals surface area contributed by atoms with Crippen molar-refractivity contribution in [3.05, 3.63) is 23.9 Å². The van der Waals surface area contributed by atoms with Crippen LogP contribution >= 0.6 is 0 Å². The molecule has 1 aromatic rings. The Morgan fingerprint density at radius 2 is 2.06 bits per heavy atom. The molecule has 0 aromatic carbocycles. The normalized spacial score (nSPS) is 20.9. The van der Waals surface area contributed by atoms with E-state index in [4.69, 9.17) is 4.74 Å². The highest BCUT2D eigenvalue weighted by Gasteiger charge is 2.27. The maximum Gasteiger partial charge on any atom is 0.213 e. The number of likely N-dealkylation sites (tertiary alicyclic amines) is 1. The summed E-state index contributed by atoms with van der Waals surface area (Å²) in [6.45, 7) is 9.77. The average Bonchev–Trinajstić information content (AvgIpc) is 2.78. The van der Waals surface area contributed by atoms with E-state index in [1.165, 1.54) is 24.9 Å². The molecule has 0 spiro atoms. The minimum atomic E-state index is 0.182. The molecule has 0 radical (unpaired) electrons. The van der Waals surface area contributed by atoms with Gasteiger partial charge in [-0.2, -0.15) is 0 Å². The van der Waals surface area contributed by atoms with Crippen LogP contribution in [-0.2, 0) is 0 Å². The van der Waals surface area contributed by atoms with Crippen LogP contribution in [0.2, 0.25) is 0 Å². The average molecular weight is 248 g/mol. The Balaban J connectivity index is 2.09. The molecule has 1 aliphatic heterocycles. The number of nitrogens with zero attached hydrogens (tertiary/aromatic N) is 2. The van der Waals surface area contributed by atoms with Crippen molar-refractivity contribution >= 4 is 0 Å². The summed E-state index contributed by atoms with van der Waals surface area (Å²) in [7, 11) is 0. The third kappa shape index (κ3) is 3.02. The molecule has 1 aliphatic rings. The first kappa shape index (κ1) is 13.3. The molecule has 1 aromatic heterocycles. The van der Waals surface area contributed by atoms with Crippen molar-refractivity contribution < 1.29 is 4.74 Å². The van der Waals surface area contributed by atoms with E-state index in [9.17, 15) is 0 Å². The monoisotopic (exact) mass is 248 g/mol. The first-order valence-electron chi connectivity index (χ1n) is 6.96. The Hall–Kier alpha value is -1.09. The van der Waals surface area contributed by atoms with Crippen LogP contribution in [0, 0.1) is 0 Å². The van der Waals surface area contributed by atoms with Crippen molar-refractivity contribution in [2.75, 3.05) is 6.54 Å². The lowest BCUT2D eigenvalue weighted by atomic mass is 10.1. The van der Waals surface area contributed by atoms with Crippen molar-refractivity contribution in [2.45, 2.75) is 58.7 Å². The van der Waals surface area contributed by atoms with Gasteiger partial charge in [0, 0.05) is 24.3 Å². The summed E-state index contributed by atoms with van der Waals surface area (Å²) in [6, 6.07) is 5.29. The molecule has 0 N–H and O–H groups in total. The molecule has 0 saturated carbocycles. The molecular formula is C15H24N2O. The molecule has 1 atom stereocenters. The summed E-state index contributed by atoms with van der Waals surface area (Å²) in [6.07, 6.45) is 4.68. The predicted octanol–water partition coefficient (Wildman–Crippen LogP) is 3.41. The molecule has 2 rings (SSSR count). The molecule has 3 heteroatoms. The second-order valence-electron chi connectivity index (χ2n) is 5.59. The molecule has 0 aliphatic carbocycles. The van der Waals surface area contributed by atoms with Gasteiger partial charge < -0.3 is 4.74 Å². The summed E-state index contributed by atoms with van der Waals surface area (Å²) >= 11 is 0. The minimum Gasteiger partial charge on any atom is -0.475 e. The first-order chi connectivity index (χ1) is 8.58. The van der Waals surface area contributed by atoms with Gasteiger partial charge in [-0.05, 0) is 52.6 Å².